The van der Waals surface area contributed by atoms with Gasteiger partial charge in [-0.1, -0.05) is 66.2 Å². The van der Waals surface area contributed by atoms with E-state index in [0.29, 0.717) is 46.0 Å². The van der Waals surface area contributed by atoms with E-state index in [1.807, 2.05) is 54.6 Å². The van der Waals surface area contributed by atoms with Gasteiger partial charge in [0.1, 0.15) is 11.1 Å². The van der Waals surface area contributed by atoms with E-state index in [0.717, 1.165) is 21.8 Å². The van der Waals surface area contributed by atoms with Gasteiger partial charge in [0.2, 0.25) is 0 Å². The zero-order chi connectivity index (χ0) is 37.2. The van der Waals surface area contributed by atoms with E-state index in [4.69, 9.17) is 55.9 Å². The van der Waals surface area contributed by atoms with Gasteiger partial charge in [-0.2, -0.15) is 0 Å². The first-order valence-electron chi connectivity index (χ1n) is 14.3. The van der Waals surface area contributed by atoms with Gasteiger partial charge in [-0.3, -0.25) is 19.7 Å². The predicted octanol–water partition coefficient (Wildman–Crippen LogP) is 8.41. The van der Waals surface area contributed by atoms with Crippen LogP contribution in [0.1, 0.15) is 44.9 Å². The highest BCUT2D eigenvalue weighted by Crippen LogP contribution is 2.26. The fraction of sp³-hybridized carbons (Fsp3) is 0.118. The second-order valence-corrected chi connectivity index (χ2v) is 9.83. The quantitative estimate of drug-likeness (QED) is 0.114. The first-order chi connectivity index (χ1) is 24.2. The molecule has 6 rings (SSSR count). The molecule has 0 radical (unpaired) electrons. The third-order valence-electron chi connectivity index (χ3n) is 6.57. The van der Waals surface area contributed by atoms with Gasteiger partial charge in [-0.05, 0) is 32.0 Å². The number of benzene rings is 3. The summed E-state index contributed by atoms with van der Waals surface area (Å²) in [5.41, 5.74) is 15.2. The first kappa shape index (κ1) is 42.9. The standard InChI is InChI=1S/C12H10ClNO2.C12H12N2O2.C10H8N2O2.2F2.FH/c2*1-2-16-12(15)9-7-14-10-6-4-3-5-8(10)11(9)13;11-9-6-3-1-2-4-8(6)12-5-7(9)10(13)14;2*1-2;/h3-7H,2H2,1H3;3-7H,2H2,1H3,(H2,13,14);1-5H,(H2,11,12)(H,13,14);;;1H. The lowest BCUT2D eigenvalue weighted by molar-refractivity contribution is 0.0517. The number of pyridine rings is 3. The second-order valence-electron chi connectivity index (χ2n) is 9.45. The topological polar surface area (TPSA) is 181 Å². The number of halogens is 6. The fourth-order valence-electron chi connectivity index (χ4n) is 4.33. The number of fused-ring (bicyclic) bond motifs is 3. The highest BCUT2D eigenvalue weighted by atomic mass is 35.5. The monoisotopic (exact) mass is 735 g/mol. The zero-order valence-corrected chi connectivity index (χ0v) is 27.6. The van der Waals surface area contributed by atoms with Gasteiger partial charge < -0.3 is 26.0 Å². The van der Waals surface area contributed by atoms with Crippen molar-refractivity contribution in [2.24, 2.45) is 0 Å². The van der Waals surface area contributed by atoms with Crippen LogP contribution in [0.5, 0.6) is 0 Å². The van der Waals surface area contributed by atoms with Crippen LogP contribution in [0.4, 0.5) is 34.4 Å². The van der Waals surface area contributed by atoms with Gasteiger partial charge in [0.15, 0.2) is 0 Å². The number of carboxylic acid groups (broad SMARTS) is 1. The summed E-state index contributed by atoms with van der Waals surface area (Å²) in [5.74, 6) is -1.93. The molecule has 3 aromatic carbocycles. The molecule has 0 aliphatic carbocycles. The Morgan fingerprint density at radius 1 is 0.627 bits per heavy atom. The summed E-state index contributed by atoms with van der Waals surface area (Å²) in [6.45, 7) is 4.15. The number of nitrogens with zero attached hydrogens (tertiary/aromatic N) is 3. The maximum atomic E-state index is 11.6. The van der Waals surface area contributed by atoms with E-state index >= 15 is 0 Å². The molecule has 0 amide bonds. The maximum Gasteiger partial charge on any atom is 0.341 e. The van der Waals surface area contributed by atoms with Crippen molar-refractivity contribution in [1.82, 2.24) is 15.0 Å². The Morgan fingerprint density at radius 2 is 0.961 bits per heavy atom. The number of carboxylic acids is 1. The number of nitrogens with two attached hydrogens (primary N) is 2. The van der Waals surface area contributed by atoms with Crippen molar-refractivity contribution < 1.29 is 52.0 Å². The number of nitrogen functional groups attached to an aromatic ring is 2. The number of rotatable bonds is 5. The zero-order valence-electron chi connectivity index (χ0n) is 26.9. The Kier molecular flexibility index (Phi) is 18.3. The van der Waals surface area contributed by atoms with Crippen molar-refractivity contribution in [2.45, 2.75) is 13.8 Å². The summed E-state index contributed by atoms with van der Waals surface area (Å²) >= 11 is 6.13. The lowest BCUT2D eigenvalue weighted by Crippen LogP contribution is -2.09. The average Bonchev–Trinajstić information content (AvgIpc) is 3.14. The fourth-order valence-corrected chi connectivity index (χ4v) is 4.61. The van der Waals surface area contributed by atoms with Crippen LogP contribution in [0.3, 0.4) is 0 Å². The third-order valence-corrected chi connectivity index (χ3v) is 6.97. The second kappa shape index (κ2) is 21.7. The Labute approximate surface area is 291 Å². The highest BCUT2D eigenvalue weighted by Gasteiger charge is 2.15. The molecule has 3 heterocycles. The van der Waals surface area contributed by atoms with Crippen LogP contribution < -0.4 is 11.5 Å². The van der Waals surface area contributed by atoms with E-state index in [9.17, 15) is 14.4 Å². The van der Waals surface area contributed by atoms with Gasteiger partial charge >= 0.3 is 17.9 Å². The van der Waals surface area contributed by atoms with Crippen molar-refractivity contribution in [3.8, 4) is 0 Å². The van der Waals surface area contributed by atoms with Crippen LogP contribution in [0.25, 0.3) is 32.7 Å². The molecule has 3 aromatic heterocycles. The molecule has 0 bridgehead atoms. The van der Waals surface area contributed by atoms with E-state index in [1.54, 1.807) is 32.0 Å². The SMILES string of the molecule is CCOC(=O)c1cnc2ccccc2c1Cl.CCOC(=O)c1cnc2ccccc2c1N.F.FF.FF.Nc1c(C(=O)O)cnc2ccccc12. The maximum absolute atomic E-state index is 11.6. The number of hydrogen-bond acceptors (Lipinski definition) is 10. The van der Waals surface area contributed by atoms with Crippen molar-refractivity contribution in [1.29, 1.82) is 0 Å². The molecule has 270 valence electrons. The average molecular weight is 736 g/mol. The minimum atomic E-state index is -1.05. The molecule has 0 aliphatic rings. The van der Waals surface area contributed by atoms with E-state index in [2.05, 4.69) is 15.0 Å². The molecule has 5 N–H and O–H groups in total. The van der Waals surface area contributed by atoms with Crippen LogP contribution in [-0.2, 0) is 9.47 Å². The molecular weight excluding hydrogens is 705 g/mol. The number of para-hydroxylation sites is 3. The van der Waals surface area contributed by atoms with Crippen LogP contribution in [0, 0.1) is 0 Å². The Balaban J connectivity index is 0.000000362. The molecular formula is C34H31ClF5N5O6. The summed E-state index contributed by atoms with van der Waals surface area (Å²) in [5, 5.41) is 11.4. The molecule has 0 saturated carbocycles. The van der Waals surface area contributed by atoms with Crippen molar-refractivity contribution in [3.63, 3.8) is 0 Å². The predicted molar refractivity (Wildman–Crippen MR) is 185 cm³/mol. The number of carbonyl (C=O) groups is 3. The highest BCUT2D eigenvalue weighted by molar-refractivity contribution is 6.38. The summed E-state index contributed by atoms with van der Waals surface area (Å²) in [6, 6.07) is 22.0. The van der Waals surface area contributed by atoms with Gasteiger partial charge in [-0.15, -0.1) is 0 Å². The Morgan fingerprint density at radius 3 is 1.39 bits per heavy atom. The van der Waals surface area contributed by atoms with Crippen molar-refractivity contribution in [2.75, 3.05) is 24.7 Å². The summed E-state index contributed by atoms with van der Waals surface area (Å²) in [4.78, 5) is 46.2. The van der Waals surface area contributed by atoms with E-state index < -0.39 is 17.9 Å². The molecule has 0 fully saturated rings. The van der Waals surface area contributed by atoms with Crippen LogP contribution in [0.15, 0.2) is 91.4 Å². The smallest absolute Gasteiger partial charge is 0.341 e. The lowest BCUT2D eigenvalue weighted by atomic mass is 10.1. The number of esters is 2. The van der Waals surface area contributed by atoms with Gasteiger partial charge in [0.25, 0.3) is 0 Å². The van der Waals surface area contributed by atoms with Crippen molar-refractivity contribution >= 4 is 73.6 Å². The van der Waals surface area contributed by atoms with E-state index in [1.165, 1.54) is 18.6 Å². The molecule has 17 heteroatoms. The van der Waals surface area contributed by atoms with Gasteiger partial charge in [-0.25, -0.2) is 14.4 Å². The summed E-state index contributed by atoms with van der Waals surface area (Å²) in [6.07, 6.45) is 4.18. The molecule has 0 atom stereocenters. The molecule has 0 spiro atoms. The summed E-state index contributed by atoms with van der Waals surface area (Å²) in [7, 11) is 0. The van der Waals surface area contributed by atoms with Crippen LogP contribution in [0.2, 0.25) is 5.02 Å². The molecule has 0 saturated heterocycles. The summed E-state index contributed by atoms with van der Waals surface area (Å²) < 4.78 is 41.8. The van der Waals surface area contributed by atoms with Gasteiger partial charge in [0.05, 0.1) is 51.7 Å². The van der Waals surface area contributed by atoms with Crippen molar-refractivity contribution in [3.05, 3.63) is 113 Å². The number of aromatic nitrogens is 3. The normalized spacial score (nSPS) is 9.55. The third kappa shape index (κ3) is 10.9. The number of anilines is 2. The lowest BCUT2D eigenvalue weighted by Gasteiger charge is -2.07. The number of aromatic carboxylic acids is 1. The number of ether oxygens (including phenoxy) is 2. The van der Waals surface area contributed by atoms with Gasteiger partial charge in [0, 0.05) is 53.0 Å². The largest absolute Gasteiger partial charge is 0.478 e. The first-order valence-corrected chi connectivity index (χ1v) is 14.7. The number of carbonyl (C=O) groups excluding carboxylic acids is 2. The Bertz CT molecular complexity index is 1980. The number of hydrogen-bond donors (Lipinski definition) is 3. The molecule has 0 aliphatic heterocycles. The molecule has 11 nitrogen and oxygen atoms in total. The molecule has 6 aromatic rings. The Hall–Kier alpha value is -6.16. The van der Waals surface area contributed by atoms with Crippen LogP contribution >= 0.6 is 11.6 Å². The molecule has 51 heavy (non-hydrogen) atoms. The van der Waals surface area contributed by atoms with E-state index in [-0.39, 0.29) is 16.0 Å². The molecule has 0 unspecified atom stereocenters. The minimum Gasteiger partial charge on any atom is -0.478 e. The minimum absolute atomic E-state index is 0. The van der Waals surface area contributed by atoms with Crippen LogP contribution in [-0.4, -0.2) is 51.2 Å².